The predicted molar refractivity (Wildman–Crippen MR) is 45.1 cm³/mol. The lowest BCUT2D eigenvalue weighted by Gasteiger charge is -1.98. The second-order valence-electron chi connectivity index (χ2n) is 2.33. The highest BCUT2D eigenvalue weighted by atomic mass is 16.1. The standard InChI is InChI=1S/C7H13N3O/c1-5(2)10-6(3-4-8)7(9)11/h3-5H,8H2,1-2H3,(H2,9,11)/b4-3-,10-6?. The summed E-state index contributed by atoms with van der Waals surface area (Å²) in [4.78, 5) is 14.6. The van der Waals surface area contributed by atoms with Crippen molar-refractivity contribution < 1.29 is 4.79 Å². The molecule has 1 amide bonds. The van der Waals surface area contributed by atoms with Gasteiger partial charge in [-0.05, 0) is 26.1 Å². The molecule has 0 unspecified atom stereocenters. The topological polar surface area (TPSA) is 81.5 Å². The molecule has 62 valence electrons. The number of nitrogens with two attached hydrogens (primary N) is 2. The van der Waals surface area contributed by atoms with E-state index in [9.17, 15) is 4.79 Å². The van der Waals surface area contributed by atoms with Crippen LogP contribution in [0.2, 0.25) is 0 Å². The summed E-state index contributed by atoms with van der Waals surface area (Å²) in [5, 5.41) is 0. The molecule has 0 aliphatic rings. The van der Waals surface area contributed by atoms with Gasteiger partial charge >= 0.3 is 0 Å². The van der Waals surface area contributed by atoms with Crippen LogP contribution in [0.4, 0.5) is 0 Å². The summed E-state index contributed by atoms with van der Waals surface area (Å²) >= 11 is 0. The number of hydrogen-bond acceptors (Lipinski definition) is 3. The van der Waals surface area contributed by atoms with Crippen molar-refractivity contribution >= 4 is 11.6 Å². The summed E-state index contributed by atoms with van der Waals surface area (Å²) in [6.07, 6.45) is 2.63. The lowest BCUT2D eigenvalue weighted by molar-refractivity contribution is -0.111. The number of carbonyl (C=O) groups excluding carboxylic acids is 1. The van der Waals surface area contributed by atoms with Crippen LogP contribution in [0.5, 0.6) is 0 Å². The first-order chi connectivity index (χ1) is 5.07. The Hall–Kier alpha value is -1.32. The lowest BCUT2D eigenvalue weighted by Crippen LogP contribution is -2.22. The quantitative estimate of drug-likeness (QED) is 0.553. The normalized spacial score (nSPS) is 12.8. The number of rotatable bonds is 3. The van der Waals surface area contributed by atoms with E-state index in [1.807, 2.05) is 13.8 Å². The molecule has 0 aromatic rings. The second-order valence-corrected chi connectivity index (χ2v) is 2.33. The van der Waals surface area contributed by atoms with Gasteiger partial charge < -0.3 is 11.5 Å². The van der Waals surface area contributed by atoms with Crippen LogP contribution in [0.25, 0.3) is 0 Å². The number of primary amides is 1. The van der Waals surface area contributed by atoms with E-state index in [1.54, 1.807) is 0 Å². The Balaban J connectivity index is 4.46. The molecular formula is C7H13N3O. The summed E-state index contributed by atoms with van der Waals surface area (Å²) < 4.78 is 0. The number of aliphatic imine (C=N–C) groups is 1. The van der Waals surface area contributed by atoms with Crippen LogP contribution < -0.4 is 11.5 Å². The van der Waals surface area contributed by atoms with Gasteiger partial charge in [-0.15, -0.1) is 0 Å². The van der Waals surface area contributed by atoms with Gasteiger partial charge in [0.1, 0.15) is 5.71 Å². The number of nitrogens with zero attached hydrogens (tertiary/aromatic N) is 1. The molecule has 0 saturated carbocycles. The van der Waals surface area contributed by atoms with Crippen molar-refractivity contribution in [2.75, 3.05) is 0 Å². The highest BCUT2D eigenvalue weighted by molar-refractivity contribution is 6.42. The van der Waals surface area contributed by atoms with Crippen LogP contribution in [-0.4, -0.2) is 17.7 Å². The molecule has 0 fully saturated rings. The molecule has 0 aliphatic heterocycles. The van der Waals surface area contributed by atoms with Crippen molar-refractivity contribution in [3.05, 3.63) is 12.3 Å². The monoisotopic (exact) mass is 155 g/mol. The summed E-state index contributed by atoms with van der Waals surface area (Å²) in [5.41, 5.74) is 10.3. The summed E-state index contributed by atoms with van der Waals surface area (Å²) in [6.45, 7) is 3.71. The van der Waals surface area contributed by atoms with Crippen LogP contribution >= 0.6 is 0 Å². The average Bonchev–Trinajstić information content (AvgIpc) is 1.86. The predicted octanol–water partition coefficient (Wildman–Crippen LogP) is -0.207. The maximum Gasteiger partial charge on any atom is 0.266 e. The van der Waals surface area contributed by atoms with Crippen molar-refractivity contribution in [2.24, 2.45) is 16.5 Å². The molecule has 0 aliphatic carbocycles. The Kier molecular flexibility index (Phi) is 3.95. The third-order valence-corrected chi connectivity index (χ3v) is 0.904. The van der Waals surface area contributed by atoms with Gasteiger partial charge in [0.25, 0.3) is 5.91 Å². The molecule has 0 rings (SSSR count). The molecule has 0 bridgehead atoms. The van der Waals surface area contributed by atoms with E-state index >= 15 is 0 Å². The molecule has 4 N–H and O–H groups in total. The largest absolute Gasteiger partial charge is 0.405 e. The van der Waals surface area contributed by atoms with E-state index in [2.05, 4.69) is 4.99 Å². The zero-order valence-electron chi connectivity index (χ0n) is 6.74. The van der Waals surface area contributed by atoms with Crippen LogP contribution in [0, 0.1) is 0 Å². The first-order valence-electron chi connectivity index (χ1n) is 3.33. The minimum atomic E-state index is -0.555. The van der Waals surface area contributed by atoms with E-state index in [-0.39, 0.29) is 11.8 Å². The van der Waals surface area contributed by atoms with Gasteiger partial charge in [-0.1, -0.05) is 0 Å². The molecule has 0 heterocycles. The molecule has 0 radical (unpaired) electrons. The van der Waals surface area contributed by atoms with Gasteiger partial charge in [-0.2, -0.15) is 0 Å². The van der Waals surface area contributed by atoms with Gasteiger partial charge in [0, 0.05) is 6.04 Å². The van der Waals surface area contributed by atoms with Gasteiger partial charge in [0.2, 0.25) is 0 Å². The lowest BCUT2D eigenvalue weighted by atomic mass is 10.3. The second kappa shape index (κ2) is 4.49. The first kappa shape index (κ1) is 9.68. The number of carbonyl (C=O) groups is 1. The third kappa shape index (κ3) is 4.13. The number of hydrogen-bond donors (Lipinski definition) is 2. The maximum absolute atomic E-state index is 10.6. The highest BCUT2D eigenvalue weighted by Crippen LogP contribution is 1.89. The Bertz CT molecular complexity index is 194. The van der Waals surface area contributed by atoms with Gasteiger partial charge in [0.15, 0.2) is 0 Å². The van der Waals surface area contributed by atoms with Crippen LogP contribution in [0.3, 0.4) is 0 Å². The Morgan fingerprint density at radius 3 is 2.36 bits per heavy atom. The summed E-state index contributed by atoms with van der Waals surface area (Å²) in [5.74, 6) is -0.555. The average molecular weight is 155 g/mol. The van der Waals surface area contributed by atoms with E-state index in [0.29, 0.717) is 0 Å². The van der Waals surface area contributed by atoms with E-state index < -0.39 is 5.91 Å². The molecule has 0 aromatic carbocycles. The van der Waals surface area contributed by atoms with Crippen molar-refractivity contribution in [2.45, 2.75) is 19.9 Å². The van der Waals surface area contributed by atoms with E-state index in [1.165, 1.54) is 12.3 Å². The van der Waals surface area contributed by atoms with Crippen LogP contribution in [0.15, 0.2) is 17.3 Å². The smallest absolute Gasteiger partial charge is 0.266 e. The Morgan fingerprint density at radius 1 is 1.55 bits per heavy atom. The first-order valence-corrected chi connectivity index (χ1v) is 3.33. The van der Waals surface area contributed by atoms with Gasteiger partial charge in [-0.25, -0.2) is 0 Å². The highest BCUT2D eigenvalue weighted by Gasteiger charge is 2.01. The molecule has 0 spiro atoms. The van der Waals surface area contributed by atoms with Gasteiger partial charge in [-0.3, -0.25) is 9.79 Å². The maximum atomic E-state index is 10.6. The fraction of sp³-hybridized carbons (Fsp3) is 0.429. The molecule has 0 aromatic heterocycles. The third-order valence-electron chi connectivity index (χ3n) is 0.904. The van der Waals surface area contributed by atoms with Crippen molar-refractivity contribution in [1.82, 2.24) is 0 Å². The van der Waals surface area contributed by atoms with E-state index in [4.69, 9.17) is 11.5 Å². The van der Waals surface area contributed by atoms with Crippen molar-refractivity contribution in [3.8, 4) is 0 Å². The fourth-order valence-corrected chi connectivity index (χ4v) is 0.558. The SMILES string of the molecule is CC(C)N=C(/C=C\N)C(N)=O. The Morgan fingerprint density at radius 2 is 2.09 bits per heavy atom. The zero-order valence-corrected chi connectivity index (χ0v) is 6.74. The van der Waals surface area contributed by atoms with E-state index in [0.717, 1.165) is 0 Å². The fourth-order valence-electron chi connectivity index (χ4n) is 0.558. The summed E-state index contributed by atoms with van der Waals surface area (Å²) in [6, 6.07) is 0.0497. The molecule has 0 atom stereocenters. The Labute approximate surface area is 66.0 Å². The van der Waals surface area contributed by atoms with Crippen molar-refractivity contribution in [3.63, 3.8) is 0 Å². The minimum absolute atomic E-state index is 0.0497. The van der Waals surface area contributed by atoms with Crippen LogP contribution in [0.1, 0.15) is 13.8 Å². The number of amides is 1. The molecular weight excluding hydrogens is 142 g/mol. The minimum Gasteiger partial charge on any atom is -0.405 e. The van der Waals surface area contributed by atoms with Gasteiger partial charge in [0.05, 0.1) is 0 Å². The molecule has 11 heavy (non-hydrogen) atoms. The zero-order chi connectivity index (χ0) is 8.85. The van der Waals surface area contributed by atoms with Crippen molar-refractivity contribution in [1.29, 1.82) is 0 Å². The molecule has 0 saturated heterocycles. The summed E-state index contributed by atoms with van der Waals surface area (Å²) in [7, 11) is 0. The molecule has 4 nitrogen and oxygen atoms in total. The van der Waals surface area contributed by atoms with Crippen LogP contribution in [-0.2, 0) is 4.79 Å². The molecule has 4 heteroatoms.